The highest BCUT2D eigenvalue weighted by atomic mass is 19.4. The third-order valence-electron chi connectivity index (χ3n) is 7.59. The van der Waals surface area contributed by atoms with E-state index >= 15 is 0 Å². The number of nitrogens with one attached hydrogen (secondary N) is 1. The van der Waals surface area contributed by atoms with E-state index in [1.54, 1.807) is 29.7 Å². The summed E-state index contributed by atoms with van der Waals surface area (Å²) in [5, 5.41) is 10.3. The third-order valence-corrected chi connectivity index (χ3v) is 7.59. The second kappa shape index (κ2) is 13.5. The van der Waals surface area contributed by atoms with Crippen LogP contribution in [0.5, 0.6) is 5.75 Å². The number of carboxylic acid groups (broad SMARTS) is 1. The van der Waals surface area contributed by atoms with Crippen molar-refractivity contribution in [3.05, 3.63) is 65.1 Å². The summed E-state index contributed by atoms with van der Waals surface area (Å²) >= 11 is 0. The second-order valence-electron chi connectivity index (χ2n) is 12.2. The van der Waals surface area contributed by atoms with Gasteiger partial charge in [-0.25, -0.2) is 23.4 Å². The van der Waals surface area contributed by atoms with Gasteiger partial charge in [-0.1, -0.05) is 6.07 Å². The average Bonchev–Trinajstić information content (AvgIpc) is 3.27. The van der Waals surface area contributed by atoms with E-state index in [4.69, 9.17) is 19.4 Å². The van der Waals surface area contributed by atoms with E-state index < -0.39 is 29.4 Å². The lowest BCUT2D eigenvalue weighted by Crippen LogP contribution is -2.59. The molecule has 2 bridgehead atoms. The predicted molar refractivity (Wildman–Crippen MR) is 154 cm³/mol. The molecule has 0 spiro atoms. The topological polar surface area (TPSA) is 122 Å². The summed E-state index contributed by atoms with van der Waals surface area (Å²) in [6.45, 7) is 7.01. The maximum absolute atomic E-state index is 14.1. The number of amides is 2. The van der Waals surface area contributed by atoms with Gasteiger partial charge in [0.25, 0.3) is 5.91 Å². The van der Waals surface area contributed by atoms with Crippen molar-refractivity contribution in [3.8, 4) is 5.75 Å². The van der Waals surface area contributed by atoms with Gasteiger partial charge in [-0.15, -0.1) is 0 Å². The molecule has 0 saturated carbocycles. The normalized spacial score (nSPS) is 19.6. The minimum absolute atomic E-state index is 0.0136. The first kappa shape index (κ1) is 34.4. The van der Waals surface area contributed by atoms with Crippen LogP contribution < -0.4 is 10.1 Å². The fourth-order valence-electron chi connectivity index (χ4n) is 5.73. The van der Waals surface area contributed by atoms with E-state index in [0.717, 1.165) is 19.3 Å². The zero-order chi connectivity index (χ0) is 34.0. The lowest BCUT2D eigenvalue weighted by atomic mass is 9.82. The van der Waals surface area contributed by atoms with Gasteiger partial charge in [0.15, 0.2) is 11.4 Å². The molecule has 2 saturated heterocycles. The molecule has 0 aliphatic carbocycles. The minimum Gasteiger partial charge on any atom is -0.485 e. The van der Waals surface area contributed by atoms with Crippen molar-refractivity contribution < 1.29 is 50.9 Å². The maximum Gasteiger partial charge on any atom is 0.490 e. The van der Waals surface area contributed by atoms with Gasteiger partial charge in [-0.05, 0) is 84.1 Å². The largest absolute Gasteiger partial charge is 0.490 e. The van der Waals surface area contributed by atoms with Gasteiger partial charge in [0, 0.05) is 24.3 Å². The van der Waals surface area contributed by atoms with Gasteiger partial charge in [-0.3, -0.25) is 9.20 Å². The van der Waals surface area contributed by atoms with Crippen molar-refractivity contribution in [1.82, 2.24) is 19.6 Å². The Morgan fingerprint density at radius 1 is 1.02 bits per heavy atom. The van der Waals surface area contributed by atoms with E-state index in [9.17, 15) is 31.5 Å². The number of carbonyl (C=O) groups is 3. The summed E-state index contributed by atoms with van der Waals surface area (Å²) in [7, 11) is 0. The molecule has 250 valence electrons. The molecule has 2 aliphatic heterocycles. The molecular weight excluding hydrogens is 619 g/mol. The number of halogens is 5. The number of benzene rings is 1. The Balaban J connectivity index is 0.000000617. The molecule has 46 heavy (non-hydrogen) atoms. The average molecular weight is 655 g/mol. The van der Waals surface area contributed by atoms with Gasteiger partial charge in [0.1, 0.15) is 29.5 Å². The van der Waals surface area contributed by atoms with Gasteiger partial charge >= 0.3 is 18.2 Å². The maximum atomic E-state index is 14.1. The lowest BCUT2D eigenvalue weighted by molar-refractivity contribution is -0.192. The smallest absolute Gasteiger partial charge is 0.485 e. The van der Waals surface area contributed by atoms with Crippen LogP contribution in [-0.4, -0.2) is 67.3 Å². The zero-order valence-electron chi connectivity index (χ0n) is 25.7. The number of alkyl halides is 3. The first-order chi connectivity index (χ1) is 21.5. The molecule has 2 aromatic heterocycles. The Labute approximate surface area is 261 Å². The first-order valence-electron chi connectivity index (χ1n) is 14.6. The number of imidazole rings is 1. The standard InChI is InChI=1S/C29H34F2N4O4.C2HF3O2/c1-17-25(34-13-7-12-24(26(34)32-17)38-16-21-22(30)10-6-11-23(21)31)27(36)33-18-14-19-8-5-9-20(15-18)35(19)28(37)39-29(2,3)4;3-2(4,5)1(6)7/h6-7,10-13,18-20H,5,8-9,14-16H2,1-4H3,(H,33,36);(H,6,7). The Morgan fingerprint density at radius 2 is 1.61 bits per heavy atom. The van der Waals surface area contributed by atoms with Crippen molar-refractivity contribution in [1.29, 1.82) is 0 Å². The molecule has 5 rings (SSSR count). The van der Waals surface area contributed by atoms with Crippen LogP contribution in [0.25, 0.3) is 5.65 Å². The van der Waals surface area contributed by atoms with Gasteiger partial charge in [0.2, 0.25) is 0 Å². The van der Waals surface area contributed by atoms with E-state index in [-0.39, 0.29) is 42.3 Å². The molecule has 4 heterocycles. The SMILES string of the molecule is Cc1nc2c(OCc3c(F)cccc3F)cccn2c1C(=O)NC1CC2CCCC(C1)N2C(=O)OC(C)(C)C.O=C(O)C(F)(F)F. The minimum atomic E-state index is -5.08. The van der Waals surface area contributed by atoms with Crippen LogP contribution in [0.2, 0.25) is 0 Å². The number of carbonyl (C=O) groups excluding carboxylic acids is 2. The molecule has 15 heteroatoms. The van der Waals surface area contributed by atoms with Crippen LogP contribution in [0, 0.1) is 18.6 Å². The number of nitrogens with zero attached hydrogens (tertiary/aromatic N) is 3. The highest BCUT2D eigenvalue weighted by molar-refractivity contribution is 5.95. The molecule has 2 fully saturated rings. The molecule has 2 unspecified atom stereocenters. The Hall–Kier alpha value is -4.43. The fraction of sp³-hybridized carbons (Fsp3) is 0.484. The Morgan fingerprint density at radius 3 is 2.15 bits per heavy atom. The summed E-state index contributed by atoms with van der Waals surface area (Å²) in [6.07, 6.45) is 0.434. The van der Waals surface area contributed by atoms with Crippen molar-refractivity contribution in [2.24, 2.45) is 0 Å². The van der Waals surface area contributed by atoms with Crippen molar-refractivity contribution in [2.45, 2.75) is 96.3 Å². The number of hydrogen-bond donors (Lipinski definition) is 2. The Kier molecular flexibility index (Phi) is 10.1. The quantitative estimate of drug-likeness (QED) is 0.315. The zero-order valence-corrected chi connectivity index (χ0v) is 25.7. The summed E-state index contributed by atoms with van der Waals surface area (Å²) in [6, 6.07) is 6.93. The van der Waals surface area contributed by atoms with E-state index in [1.165, 1.54) is 18.2 Å². The number of ether oxygens (including phenoxy) is 2. The molecule has 3 aromatic rings. The van der Waals surface area contributed by atoms with Crippen LogP contribution in [0.4, 0.5) is 26.7 Å². The van der Waals surface area contributed by atoms with Crippen LogP contribution in [0.3, 0.4) is 0 Å². The fourth-order valence-corrected chi connectivity index (χ4v) is 5.73. The summed E-state index contributed by atoms with van der Waals surface area (Å²) < 4.78 is 72.9. The molecule has 0 radical (unpaired) electrons. The summed E-state index contributed by atoms with van der Waals surface area (Å²) in [5.74, 6) is -4.10. The van der Waals surface area contributed by atoms with Crippen molar-refractivity contribution >= 4 is 23.6 Å². The Bertz CT molecular complexity index is 1570. The number of fused-ring (bicyclic) bond motifs is 3. The number of pyridine rings is 1. The van der Waals surface area contributed by atoms with E-state index in [0.29, 0.717) is 35.6 Å². The van der Waals surface area contributed by atoms with Crippen LogP contribution in [-0.2, 0) is 16.1 Å². The summed E-state index contributed by atoms with van der Waals surface area (Å²) in [4.78, 5) is 41.7. The summed E-state index contributed by atoms with van der Waals surface area (Å²) in [5.41, 5.74) is 0.514. The molecule has 2 N–H and O–H groups in total. The third kappa shape index (κ3) is 8.04. The molecule has 2 amide bonds. The number of aromatic nitrogens is 2. The van der Waals surface area contributed by atoms with Crippen LogP contribution >= 0.6 is 0 Å². The molecule has 2 atom stereocenters. The number of aliphatic carboxylic acids is 1. The molecule has 2 aliphatic rings. The molecular formula is C31H35F5N4O6. The predicted octanol–water partition coefficient (Wildman–Crippen LogP) is 6.18. The highest BCUT2D eigenvalue weighted by Gasteiger charge is 2.43. The first-order valence-corrected chi connectivity index (χ1v) is 14.6. The number of aryl methyl sites for hydroxylation is 1. The molecule has 1 aromatic carbocycles. The van der Waals surface area contributed by atoms with Crippen molar-refractivity contribution in [3.63, 3.8) is 0 Å². The van der Waals surface area contributed by atoms with E-state index in [2.05, 4.69) is 10.3 Å². The monoisotopic (exact) mass is 654 g/mol. The molecule has 10 nitrogen and oxygen atoms in total. The lowest BCUT2D eigenvalue weighted by Gasteiger charge is -2.48. The van der Waals surface area contributed by atoms with Gasteiger partial charge < -0.3 is 24.8 Å². The second-order valence-corrected chi connectivity index (χ2v) is 12.2. The van der Waals surface area contributed by atoms with Gasteiger partial charge in [0.05, 0.1) is 11.3 Å². The number of rotatable bonds is 5. The van der Waals surface area contributed by atoms with Crippen molar-refractivity contribution in [2.75, 3.05) is 0 Å². The van der Waals surface area contributed by atoms with Crippen LogP contribution in [0.1, 0.15) is 74.6 Å². The highest BCUT2D eigenvalue weighted by Crippen LogP contribution is 2.35. The van der Waals surface area contributed by atoms with E-state index in [1.807, 2.05) is 25.7 Å². The number of piperidine rings is 2. The number of hydrogen-bond acceptors (Lipinski definition) is 6. The van der Waals surface area contributed by atoms with Gasteiger partial charge in [-0.2, -0.15) is 13.2 Å². The van der Waals surface area contributed by atoms with Crippen LogP contribution in [0.15, 0.2) is 36.5 Å². The number of carboxylic acids is 1.